The van der Waals surface area contributed by atoms with Crippen molar-refractivity contribution in [1.29, 1.82) is 0 Å². The first kappa shape index (κ1) is 13.7. The summed E-state index contributed by atoms with van der Waals surface area (Å²) in [6, 6.07) is 4.08. The predicted octanol–water partition coefficient (Wildman–Crippen LogP) is 0.651. The lowest BCUT2D eigenvalue weighted by atomic mass is 10.1. The van der Waals surface area contributed by atoms with Crippen molar-refractivity contribution < 1.29 is 4.79 Å². The first-order chi connectivity index (χ1) is 10.2. The topological polar surface area (TPSA) is 75.9 Å². The minimum atomic E-state index is -0.127. The molecule has 0 bridgehead atoms. The van der Waals surface area contributed by atoms with Crippen molar-refractivity contribution in [3.63, 3.8) is 0 Å². The second-order valence-corrected chi connectivity index (χ2v) is 5.27. The summed E-state index contributed by atoms with van der Waals surface area (Å²) in [4.78, 5) is 18.1. The Labute approximate surface area is 123 Å². The van der Waals surface area contributed by atoms with Crippen LogP contribution >= 0.6 is 0 Å². The van der Waals surface area contributed by atoms with Crippen LogP contribution in [0.15, 0.2) is 30.7 Å². The van der Waals surface area contributed by atoms with E-state index in [1.807, 2.05) is 19.1 Å². The van der Waals surface area contributed by atoms with Crippen molar-refractivity contribution in [2.75, 3.05) is 20.1 Å². The average Bonchev–Trinajstić information content (AvgIpc) is 2.93. The molecule has 0 aromatic carbocycles. The van der Waals surface area contributed by atoms with Crippen molar-refractivity contribution in [2.45, 2.75) is 19.0 Å². The fourth-order valence-corrected chi connectivity index (χ4v) is 2.24. The molecule has 0 radical (unpaired) electrons. The highest BCUT2D eigenvalue weighted by atomic mass is 16.2. The fraction of sp³-hybridized carbons (Fsp3) is 0.429. The van der Waals surface area contributed by atoms with E-state index >= 15 is 0 Å². The van der Waals surface area contributed by atoms with Crippen molar-refractivity contribution in [3.05, 3.63) is 42.0 Å². The summed E-state index contributed by atoms with van der Waals surface area (Å²) >= 11 is 0. The number of hydrogen-bond donors (Lipinski definition) is 1. The summed E-state index contributed by atoms with van der Waals surface area (Å²) in [5.74, 6) is -0.127. The summed E-state index contributed by atoms with van der Waals surface area (Å²) < 4.78 is 1.76. The Bertz CT molecular complexity index is 621. The zero-order valence-electron chi connectivity index (χ0n) is 12.1. The van der Waals surface area contributed by atoms with Gasteiger partial charge in [-0.05, 0) is 24.6 Å². The van der Waals surface area contributed by atoms with Crippen LogP contribution in [-0.4, -0.2) is 50.9 Å². The van der Waals surface area contributed by atoms with E-state index < -0.39 is 0 Å². The van der Waals surface area contributed by atoms with Gasteiger partial charge in [0.05, 0.1) is 18.3 Å². The number of carbonyl (C=O) groups excluding carboxylic acids is 1. The third kappa shape index (κ3) is 2.64. The quantitative estimate of drug-likeness (QED) is 0.893. The van der Waals surface area contributed by atoms with Gasteiger partial charge in [-0.2, -0.15) is 0 Å². The molecule has 2 aromatic rings. The molecule has 1 atom stereocenters. The highest BCUT2D eigenvalue weighted by Gasteiger charge is 2.24. The van der Waals surface area contributed by atoms with Gasteiger partial charge < -0.3 is 10.2 Å². The number of nitrogens with one attached hydrogen (secondary N) is 1. The van der Waals surface area contributed by atoms with Crippen molar-refractivity contribution in [2.24, 2.45) is 0 Å². The Kier molecular flexibility index (Phi) is 3.66. The molecule has 3 rings (SSSR count). The van der Waals surface area contributed by atoms with Gasteiger partial charge in [0, 0.05) is 32.5 Å². The number of rotatable bonds is 4. The molecule has 1 aliphatic rings. The van der Waals surface area contributed by atoms with E-state index in [2.05, 4.69) is 20.6 Å². The van der Waals surface area contributed by atoms with Gasteiger partial charge >= 0.3 is 0 Å². The van der Waals surface area contributed by atoms with Gasteiger partial charge in [-0.3, -0.25) is 9.78 Å². The molecule has 1 saturated heterocycles. The van der Waals surface area contributed by atoms with Crippen LogP contribution in [0.3, 0.4) is 0 Å². The van der Waals surface area contributed by atoms with Crippen LogP contribution in [0.1, 0.15) is 35.1 Å². The van der Waals surface area contributed by atoms with Crippen LogP contribution < -0.4 is 5.32 Å². The molecule has 7 nitrogen and oxygen atoms in total. The standard InChI is InChI=1S/C14H18N6O/c1-10(11-3-5-15-6-4-11)19(2)14(21)13-9-20(18-17-13)12-7-16-8-12/h3-6,9-10,12,16H,7-8H2,1-2H3. The summed E-state index contributed by atoms with van der Waals surface area (Å²) in [6.07, 6.45) is 5.18. The van der Waals surface area contributed by atoms with Gasteiger partial charge in [-0.1, -0.05) is 5.21 Å². The average molecular weight is 286 g/mol. The third-order valence-electron chi connectivity index (χ3n) is 3.95. The molecule has 0 aliphatic carbocycles. The van der Waals surface area contributed by atoms with E-state index in [9.17, 15) is 4.79 Å². The molecule has 2 aromatic heterocycles. The maximum absolute atomic E-state index is 12.5. The lowest BCUT2D eigenvalue weighted by Gasteiger charge is -2.26. The lowest BCUT2D eigenvalue weighted by Crippen LogP contribution is -2.43. The molecule has 0 saturated carbocycles. The third-order valence-corrected chi connectivity index (χ3v) is 3.95. The number of carbonyl (C=O) groups is 1. The van der Waals surface area contributed by atoms with E-state index in [0.717, 1.165) is 18.7 Å². The maximum atomic E-state index is 12.5. The van der Waals surface area contributed by atoms with Crippen LogP contribution in [0, 0.1) is 0 Å². The minimum Gasteiger partial charge on any atom is -0.334 e. The van der Waals surface area contributed by atoms with Gasteiger partial charge in [0.2, 0.25) is 0 Å². The molecular formula is C14H18N6O. The van der Waals surface area contributed by atoms with Gasteiger partial charge in [-0.15, -0.1) is 5.10 Å². The Balaban J connectivity index is 1.73. The van der Waals surface area contributed by atoms with Crippen LogP contribution in [0.25, 0.3) is 0 Å². The molecule has 1 N–H and O–H groups in total. The minimum absolute atomic E-state index is 0.0454. The van der Waals surface area contributed by atoms with E-state index in [0.29, 0.717) is 11.7 Å². The molecule has 1 aliphatic heterocycles. The summed E-state index contributed by atoms with van der Waals surface area (Å²) in [5.41, 5.74) is 1.42. The van der Waals surface area contributed by atoms with Gasteiger partial charge in [0.25, 0.3) is 5.91 Å². The van der Waals surface area contributed by atoms with Crippen LogP contribution in [0.5, 0.6) is 0 Å². The molecule has 7 heteroatoms. The zero-order chi connectivity index (χ0) is 14.8. The van der Waals surface area contributed by atoms with Crippen LogP contribution in [0.2, 0.25) is 0 Å². The van der Waals surface area contributed by atoms with Gasteiger partial charge in [0.1, 0.15) is 0 Å². The normalized spacial score (nSPS) is 16.3. The van der Waals surface area contributed by atoms with Crippen molar-refractivity contribution in [1.82, 2.24) is 30.2 Å². The number of pyridine rings is 1. The smallest absolute Gasteiger partial charge is 0.276 e. The molecule has 21 heavy (non-hydrogen) atoms. The number of aromatic nitrogens is 4. The Morgan fingerprint density at radius 3 is 2.76 bits per heavy atom. The first-order valence-corrected chi connectivity index (χ1v) is 6.96. The van der Waals surface area contributed by atoms with E-state index in [1.165, 1.54) is 0 Å². The van der Waals surface area contributed by atoms with Gasteiger partial charge in [0.15, 0.2) is 5.69 Å². The van der Waals surface area contributed by atoms with E-state index in [1.54, 1.807) is 35.2 Å². The summed E-state index contributed by atoms with van der Waals surface area (Å²) in [5, 5.41) is 11.2. The van der Waals surface area contributed by atoms with Gasteiger partial charge in [-0.25, -0.2) is 4.68 Å². The van der Waals surface area contributed by atoms with E-state index in [4.69, 9.17) is 0 Å². The molecule has 110 valence electrons. The monoisotopic (exact) mass is 286 g/mol. The highest BCUT2D eigenvalue weighted by molar-refractivity contribution is 5.92. The van der Waals surface area contributed by atoms with E-state index in [-0.39, 0.29) is 11.9 Å². The Hall–Kier alpha value is -2.28. The molecule has 1 fully saturated rings. The first-order valence-electron chi connectivity index (χ1n) is 6.96. The van der Waals surface area contributed by atoms with Crippen LogP contribution in [0.4, 0.5) is 0 Å². The largest absolute Gasteiger partial charge is 0.334 e. The SMILES string of the molecule is CC(c1ccncc1)N(C)C(=O)c1cn(C2CNC2)nn1. The second-order valence-electron chi connectivity index (χ2n) is 5.27. The maximum Gasteiger partial charge on any atom is 0.276 e. The summed E-state index contributed by atoms with van der Waals surface area (Å²) in [7, 11) is 1.78. The molecular weight excluding hydrogens is 268 g/mol. The number of amides is 1. The Morgan fingerprint density at radius 2 is 2.14 bits per heavy atom. The number of nitrogens with zero attached hydrogens (tertiary/aromatic N) is 5. The highest BCUT2D eigenvalue weighted by Crippen LogP contribution is 2.19. The second kappa shape index (κ2) is 5.61. The lowest BCUT2D eigenvalue weighted by molar-refractivity contribution is 0.0736. The molecule has 3 heterocycles. The zero-order valence-corrected chi connectivity index (χ0v) is 12.1. The van der Waals surface area contributed by atoms with Crippen molar-refractivity contribution >= 4 is 5.91 Å². The predicted molar refractivity (Wildman–Crippen MR) is 76.7 cm³/mol. The van der Waals surface area contributed by atoms with Crippen molar-refractivity contribution in [3.8, 4) is 0 Å². The molecule has 1 amide bonds. The Morgan fingerprint density at radius 1 is 1.43 bits per heavy atom. The molecule has 1 unspecified atom stereocenters. The fourth-order valence-electron chi connectivity index (χ4n) is 2.24. The summed E-state index contributed by atoms with van der Waals surface area (Å²) in [6.45, 7) is 3.73. The van der Waals surface area contributed by atoms with Crippen LogP contribution in [-0.2, 0) is 0 Å². The molecule has 0 spiro atoms. The number of hydrogen-bond acceptors (Lipinski definition) is 5.